The summed E-state index contributed by atoms with van der Waals surface area (Å²) >= 11 is 5.82. The second-order valence-corrected chi connectivity index (χ2v) is 10.1. The van der Waals surface area contributed by atoms with Gasteiger partial charge in [-0.25, -0.2) is 8.42 Å². The number of hydrogen-bond acceptors (Lipinski definition) is 4. The molecule has 0 saturated carbocycles. The van der Waals surface area contributed by atoms with E-state index in [9.17, 15) is 13.2 Å². The highest BCUT2D eigenvalue weighted by Crippen LogP contribution is 2.19. The van der Waals surface area contributed by atoms with Crippen LogP contribution in [0.15, 0.2) is 53.4 Å². The van der Waals surface area contributed by atoms with E-state index in [0.717, 1.165) is 19.4 Å². The normalized spacial score (nSPS) is 17.3. The van der Waals surface area contributed by atoms with Crippen LogP contribution in [0.3, 0.4) is 0 Å². The molecule has 0 bridgehead atoms. The van der Waals surface area contributed by atoms with E-state index in [0.29, 0.717) is 28.9 Å². The highest BCUT2D eigenvalue weighted by molar-refractivity contribution is 7.92. The summed E-state index contributed by atoms with van der Waals surface area (Å²) in [7, 11) is -3.74. The van der Waals surface area contributed by atoms with Crippen LogP contribution in [0.5, 0.6) is 0 Å². The third-order valence-corrected chi connectivity index (χ3v) is 7.27. The largest absolute Gasteiger partial charge is 0.352 e. The Bertz CT molecular complexity index is 963. The van der Waals surface area contributed by atoms with Gasteiger partial charge in [0.05, 0.1) is 4.90 Å². The number of nitrogens with zero attached hydrogens (tertiary/aromatic N) is 1. The Labute approximate surface area is 190 Å². The second-order valence-electron chi connectivity index (χ2n) is 7.98. The van der Waals surface area contributed by atoms with E-state index >= 15 is 0 Å². The van der Waals surface area contributed by atoms with Crippen molar-refractivity contribution in [2.24, 2.45) is 0 Å². The van der Waals surface area contributed by atoms with Crippen molar-refractivity contribution in [2.45, 2.75) is 50.0 Å². The number of nitrogens with one attached hydrogen (secondary N) is 2. The number of unbranched alkanes of at least 4 members (excludes halogenated alkanes) is 1. The molecule has 1 fully saturated rings. The lowest BCUT2D eigenvalue weighted by Crippen LogP contribution is -2.38. The van der Waals surface area contributed by atoms with Crippen LogP contribution in [0.25, 0.3) is 0 Å². The standard InChI is InChI=1S/C23H30ClN3O3S/c1-18-6-2-4-16-27(18)17-5-3-15-25-23(28)19-7-13-22(14-8-19)31(29,30)26-21-11-9-20(24)10-12-21/h7-14,18,26H,2-6,15-17H2,1H3,(H,25,28). The number of benzene rings is 2. The van der Waals surface area contributed by atoms with Gasteiger partial charge in [0.15, 0.2) is 0 Å². The van der Waals surface area contributed by atoms with E-state index in [1.54, 1.807) is 24.3 Å². The van der Waals surface area contributed by atoms with Crippen LogP contribution in [0.4, 0.5) is 5.69 Å². The molecule has 2 aromatic rings. The molecule has 1 aliphatic rings. The number of amides is 1. The first-order valence-electron chi connectivity index (χ1n) is 10.8. The Morgan fingerprint density at radius 2 is 1.77 bits per heavy atom. The van der Waals surface area contributed by atoms with Crippen molar-refractivity contribution in [3.63, 3.8) is 0 Å². The molecule has 31 heavy (non-hydrogen) atoms. The topological polar surface area (TPSA) is 78.5 Å². The maximum atomic E-state index is 12.5. The van der Waals surface area contributed by atoms with Crippen molar-refractivity contribution >= 4 is 33.2 Å². The zero-order valence-electron chi connectivity index (χ0n) is 17.8. The Balaban J connectivity index is 1.45. The zero-order valence-corrected chi connectivity index (χ0v) is 19.4. The highest BCUT2D eigenvalue weighted by atomic mass is 35.5. The molecule has 1 heterocycles. The van der Waals surface area contributed by atoms with Crippen LogP contribution >= 0.6 is 11.6 Å². The van der Waals surface area contributed by atoms with Gasteiger partial charge in [-0.2, -0.15) is 0 Å². The lowest BCUT2D eigenvalue weighted by Gasteiger charge is -2.33. The van der Waals surface area contributed by atoms with E-state index in [4.69, 9.17) is 11.6 Å². The number of carbonyl (C=O) groups excluding carboxylic acids is 1. The van der Waals surface area contributed by atoms with Crippen molar-refractivity contribution in [1.82, 2.24) is 10.2 Å². The first kappa shape index (κ1) is 23.6. The maximum Gasteiger partial charge on any atom is 0.261 e. The molecule has 2 N–H and O–H groups in total. The van der Waals surface area contributed by atoms with Gasteiger partial charge < -0.3 is 10.2 Å². The fourth-order valence-corrected chi connectivity index (χ4v) is 4.94. The van der Waals surface area contributed by atoms with Crippen molar-refractivity contribution in [3.05, 3.63) is 59.1 Å². The molecule has 1 unspecified atom stereocenters. The van der Waals surface area contributed by atoms with Crippen molar-refractivity contribution in [1.29, 1.82) is 0 Å². The van der Waals surface area contributed by atoms with Gasteiger partial charge in [0.1, 0.15) is 0 Å². The van der Waals surface area contributed by atoms with Gasteiger partial charge in [-0.05, 0) is 94.2 Å². The van der Waals surface area contributed by atoms with Crippen LogP contribution in [-0.2, 0) is 10.0 Å². The van der Waals surface area contributed by atoms with E-state index < -0.39 is 10.0 Å². The molecular formula is C23H30ClN3O3S. The molecule has 0 spiro atoms. The predicted octanol–water partition coefficient (Wildman–Crippen LogP) is 4.53. The Hall–Kier alpha value is -2.09. The number of rotatable bonds is 9. The number of piperidine rings is 1. The molecule has 0 aliphatic carbocycles. The molecule has 1 aliphatic heterocycles. The number of likely N-dealkylation sites (tertiary alicyclic amines) is 1. The van der Waals surface area contributed by atoms with Crippen LogP contribution in [0.1, 0.15) is 49.4 Å². The fourth-order valence-electron chi connectivity index (χ4n) is 3.75. The summed E-state index contributed by atoms with van der Waals surface area (Å²) in [6.07, 6.45) is 5.86. The summed E-state index contributed by atoms with van der Waals surface area (Å²) in [4.78, 5) is 15.0. The van der Waals surface area contributed by atoms with E-state index in [2.05, 4.69) is 21.9 Å². The minimum atomic E-state index is -3.74. The van der Waals surface area contributed by atoms with Crippen LogP contribution in [0, 0.1) is 0 Å². The average molecular weight is 464 g/mol. The molecule has 0 aromatic heterocycles. The minimum absolute atomic E-state index is 0.0923. The molecule has 8 heteroatoms. The summed E-state index contributed by atoms with van der Waals surface area (Å²) in [5.41, 5.74) is 0.861. The van der Waals surface area contributed by atoms with E-state index in [1.165, 1.54) is 50.1 Å². The SMILES string of the molecule is CC1CCCCN1CCCCNC(=O)c1ccc(S(=O)(=O)Nc2ccc(Cl)cc2)cc1. The number of hydrogen-bond donors (Lipinski definition) is 2. The first-order valence-corrected chi connectivity index (χ1v) is 12.6. The van der Waals surface area contributed by atoms with E-state index in [1.807, 2.05) is 0 Å². The second kappa shape index (κ2) is 11.0. The van der Waals surface area contributed by atoms with Crippen LogP contribution in [-0.4, -0.2) is 44.9 Å². The number of sulfonamides is 1. The zero-order chi connectivity index (χ0) is 22.3. The Kier molecular flexibility index (Phi) is 8.35. The maximum absolute atomic E-state index is 12.5. The third-order valence-electron chi connectivity index (χ3n) is 5.62. The van der Waals surface area contributed by atoms with Gasteiger partial charge in [0.25, 0.3) is 15.9 Å². The van der Waals surface area contributed by atoms with Crippen molar-refractivity contribution in [2.75, 3.05) is 24.4 Å². The summed E-state index contributed by atoms with van der Waals surface area (Å²) in [5.74, 6) is -0.194. The molecule has 1 amide bonds. The predicted molar refractivity (Wildman–Crippen MR) is 125 cm³/mol. The highest BCUT2D eigenvalue weighted by Gasteiger charge is 2.17. The van der Waals surface area contributed by atoms with Crippen molar-refractivity contribution in [3.8, 4) is 0 Å². The molecule has 1 saturated heterocycles. The van der Waals surface area contributed by atoms with Gasteiger partial charge >= 0.3 is 0 Å². The first-order chi connectivity index (χ1) is 14.8. The van der Waals surface area contributed by atoms with Crippen LogP contribution < -0.4 is 10.0 Å². The lowest BCUT2D eigenvalue weighted by atomic mass is 10.0. The lowest BCUT2D eigenvalue weighted by molar-refractivity contribution is 0.0951. The smallest absolute Gasteiger partial charge is 0.261 e. The number of carbonyl (C=O) groups is 1. The Morgan fingerprint density at radius 3 is 2.45 bits per heavy atom. The fraction of sp³-hybridized carbons (Fsp3) is 0.435. The van der Waals surface area contributed by atoms with Crippen molar-refractivity contribution < 1.29 is 13.2 Å². The van der Waals surface area contributed by atoms with Crippen LogP contribution in [0.2, 0.25) is 5.02 Å². The van der Waals surface area contributed by atoms with Gasteiger partial charge in [-0.15, -0.1) is 0 Å². The monoisotopic (exact) mass is 463 g/mol. The summed E-state index contributed by atoms with van der Waals surface area (Å²) in [6, 6.07) is 13.0. The van der Waals surface area contributed by atoms with E-state index in [-0.39, 0.29) is 10.8 Å². The summed E-state index contributed by atoms with van der Waals surface area (Å²) in [6.45, 7) is 5.15. The molecule has 1 atom stereocenters. The molecule has 3 rings (SSSR count). The number of anilines is 1. The Morgan fingerprint density at radius 1 is 1.06 bits per heavy atom. The third kappa shape index (κ3) is 6.95. The molecule has 0 radical (unpaired) electrons. The summed E-state index contributed by atoms with van der Waals surface area (Å²) < 4.78 is 27.5. The van der Waals surface area contributed by atoms with Gasteiger partial charge in [0, 0.05) is 28.9 Å². The average Bonchev–Trinajstić information content (AvgIpc) is 2.76. The van der Waals surface area contributed by atoms with Gasteiger partial charge in [0.2, 0.25) is 0 Å². The quantitative estimate of drug-likeness (QED) is 0.535. The minimum Gasteiger partial charge on any atom is -0.352 e. The molecule has 168 valence electrons. The molecular weight excluding hydrogens is 434 g/mol. The summed E-state index contributed by atoms with van der Waals surface area (Å²) in [5, 5.41) is 3.44. The molecule has 2 aromatic carbocycles. The van der Waals surface area contributed by atoms with Gasteiger partial charge in [-0.1, -0.05) is 18.0 Å². The van der Waals surface area contributed by atoms with Gasteiger partial charge in [-0.3, -0.25) is 9.52 Å². The molecule has 6 nitrogen and oxygen atoms in total. The number of halogens is 1.